The average molecular weight is 281 g/mol. The normalized spacial score (nSPS) is 28.8. The van der Waals surface area contributed by atoms with Gasteiger partial charge in [-0.2, -0.15) is 0 Å². The maximum absolute atomic E-state index is 5.50. The van der Waals surface area contributed by atoms with Gasteiger partial charge in [-0.25, -0.2) is 0 Å². The van der Waals surface area contributed by atoms with E-state index in [1.807, 2.05) is 6.26 Å². The fourth-order valence-electron chi connectivity index (χ4n) is 1.83. The summed E-state index contributed by atoms with van der Waals surface area (Å²) in [5, 5.41) is 1.28. The van der Waals surface area contributed by atoms with Crippen LogP contribution in [-0.2, 0) is 4.74 Å². The van der Waals surface area contributed by atoms with Crippen LogP contribution in [0.25, 0.3) is 0 Å². The van der Waals surface area contributed by atoms with Crippen LogP contribution in [-0.4, -0.2) is 21.1 Å². The van der Waals surface area contributed by atoms with Crippen molar-refractivity contribution < 1.29 is 4.74 Å². The topological polar surface area (TPSA) is 9.23 Å². The molecule has 3 atom stereocenters. The van der Waals surface area contributed by atoms with E-state index in [1.165, 1.54) is 9.78 Å². The average Bonchev–Trinajstić information content (AvgIpc) is 2.32. The number of ether oxygens (including phenoxy) is 1. The summed E-state index contributed by atoms with van der Waals surface area (Å²) >= 11 is 0.585. The van der Waals surface area contributed by atoms with Crippen LogP contribution < -0.4 is 4.46 Å². The van der Waals surface area contributed by atoms with E-state index >= 15 is 0 Å². The molecule has 0 saturated carbocycles. The molecule has 1 heterocycles. The van der Waals surface area contributed by atoms with E-state index in [-0.39, 0.29) is 0 Å². The predicted molar refractivity (Wildman–Crippen MR) is 69.0 cm³/mol. The first-order valence-electron chi connectivity index (χ1n) is 5.77. The molecule has 0 radical (unpaired) electrons. The van der Waals surface area contributed by atoms with Gasteiger partial charge in [0.25, 0.3) is 0 Å². The van der Waals surface area contributed by atoms with Crippen LogP contribution in [0.3, 0.4) is 0 Å². The standard InChI is InChI=1S/C14H18OSe/c1-11-12(2)15-9-8-13(11)10-16-14-6-4-3-5-7-14/h3-9,11-13H,10H2,1-2H3/t11-,12+,13-/m0/s1. The molecule has 2 rings (SSSR count). The molecule has 1 aromatic rings. The van der Waals surface area contributed by atoms with Gasteiger partial charge >= 0.3 is 104 Å². The molecule has 0 aromatic heterocycles. The van der Waals surface area contributed by atoms with E-state index < -0.39 is 0 Å². The summed E-state index contributed by atoms with van der Waals surface area (Å²) < 4.78 is 6.99. The van der Waals surface area contributed by atoms with Crippen LogP contribution in [0.2, 0.25) is 5.32 Å². The summed E-state index contributed by atoms with van der Waals surface area (Å²) in [5.74, 6) is 1.32. The van der Waals surface area contributed by atoms with Crippen LogP contribution >= 0.6 is 0 Å². The molecule has 2 heteroatoms. The molecule has 0 saturated heterocycles. The van der Waals surface area contributed by atoms with Gasteiger partial charge in [0.1, 0.15) is 0 Å². The van der Waals surface area contributed by atoms with Crippen LogP contribution in [0.15, 0.2) is 42.7 Å². The zero-order chi connectivity index (χ0) is 11.4. The Bertz CT molecular complexity index is 347. The van der Waals surface area contributed by atoms with E-state index in [2.05, 4.69) is 50.3 Å². The molecular weight excluding hydrogens is 263 g/mol. The van der Waals surface area contributed by atoms with Crippen LogP contribution in [0, 0.1) is 11.8 Å². The molecule has 0 N–H and O–H groups in total. The molecule has 0 unspecified atom stereocenters. The summed E-state index contributed by atoms with van der Waals surface area (Å²) in [6.07, 6.45) is 4.48. The first kappa shape index (κ1) is 11.8. The zero-order valence-corrected chi connectivity index (χ0v) is 11.5. The summed E-state index contributed by atoms with van der Waals surface area (Å²) in [6.45, 7) is 4.45. The molecule has 0 amide bonds. The van der Waals surface area contributed by atoms with Gasteiger partial charge in [-0.3, -0.25) is 0 Å². The van der Waals surface area contributed by atoms with Gasteiger partial charge in [0.15, 0.2) is 0 Å². The van der Waals surface area contributed by atoms with Crippen molar-refractivity contribution in [1.29, 1.82) is 0 Å². The molecule has 1 nitrogen and oxygen atoms in total. The Morgan fingerprint density at radius 2 is 1.94 bits per heavy atom. The first-order valence-corrected chi connectivity index (χ1v) is 7.84. The molecule has 0 aliphatic carbocycles. The van der Waals surface area contributed by atoms with Crippen LogP contribution in [0.4, 0.5) is 0 Å². The van der Waals surface area contributed by atoms with E-state index in [0.29, 0.717) is 32.9 Å². The second-order valence-corrected chi connectivity index (χ2v) is 6.61. The predicted octanol–water partition coefficient (Wildman–Crippen LogP) is 2.62. The van der Waals surface area contributed by atoms with Crippen molar-refractivity contribution in [1.82, 2.24) is 0 Å². The fraction of sp³-hybridized carbons (Fsp3) is 0.429. The van der Waals surface area contributed by atoms with Crippen molar-refractivity contribution in [2.75, 3.05) is 0 Å². The summed E-state index contributed by atoms with van der Waals surface area (Å²) in [6, 6.07) is 10.8. The Morgan fingerprint density at radius 1 is 1.19 bits per heavy atom. The third-order valence-electron chi connectivity index (χ3n) is 3.22. The fourth-order valence-corrected chi connectivity index (χ4v) is 4.25. The monoisotopic (exact) mass is 282 g/mol. The summed E-state index contributed by atoms with van der Waals surface area (Å²) in [7, 11) is 0. The van der Waals surface area contributed by atoms with Crippen molar-refractivity contribution in [3.05, 3.63) is 42.7 Å². The Balaban J connectivity index is 1.91. The van der Waals surface area contributed by atoms with Gasteiger partial charge < -0.3 is 0 Å². The number of rotatable bonds is 3. The first-order chi connectivity index (χ1) is 7.77. The molecular formula is C14H18OSe. The Labute approximate surface area is 104 Å². The van der Waals surface area contributed by atoms with Crippen molar-refractivity contribution in [3.8, 4) is 0 Å². The quantitative estimate of drug-likeness (QED) is 0.774. The van der Waals surface area contributed by atoms with Gasteiger partial charge in [-0.05, 0) is 0 Å². The third kappa shape index (κ3) is 2.90. The number of allylic oxidation sites excluding steroid dienone is 1. The van der Waals surface area contributed by atoms with E-state index in [4.69, 9.17) is 4.74 Å². The zero-order valence-electron chi connectivity index (χ0n) is 9.80. The third-order valence-corrected chi connectivity index (χ3v) is 5.65. The molecule has 1 aromatic carbocycles. The second kappa shape index (κ2) is 5.56. The molecule has 1 aliphatic rings. The minimum atomic E-state index is 0.363. The van der Waals surface area contributed by atoms with Crippen molar-refractivity contribution >= 4 is 19.4 Å². The van der Waals surface area contributed by atoms with Gasteiger partial charge in [-0.15, -0.1) is 0 Å². The van der Waals surface area contributed by atoms with Crippen molar-refractivity contribution in [2.45, 2.75) is 25.3 Å². The number of hydrogen-bond donors (Lipinski definition) is 0. The van der Waals surface area contributed by atoms with Crippen LogP contribution in [0.5, 0.6) is 0 Å². The Kier molecular flexibility index (Phi) is 4.09. The Hall–Kier alpha value is -0.721. The van der Waals surface area contributed by atoms with Crippen molar-refractivity contribution in [2.24, 2.45) is 11.8 Å². The van der Waals surface area contributed by atoms with E-state index in [1.54, 1.807) is 0 Å². The molecule has 0 spiro atoms. The van der Waals surface area contributed by atoms with Gasteiger partial charge in [0.2, 0.25) is 0 Å². The second-order valence-electron chi connectivity index (χ2n) is 4.32. The summed E-state index contributed by atoms with van der Waals surface area (Å²) in [4.78, 5) is 0. The molecule has 86 valence electrons. The van der Waals surface area contributed by atoms with Gasteiger partial charge in [0.05, 0.1) is 0 Å². The molecule has 1 aliphatic heterocycles. The SMILES string of the molecule is C[C@@H]1[C@H](C[Se]c2ccccc2)C=CO[C@@H]1C. The van der Waals surface area contributed by atoms with Crippen molar-refractivity contribution in [3.63, 3.8) is 0 Å². The molecule has 0 fully saturated rings. The molecule has 16 heavy (non-hydrogen) atoms. The number of benzene rings is 1. The molecule has 0 bridgehead atoms. The Morgan fingerprint density at radius 3 is 2.69 bits per heavy atom. The number of hydrogen-bond acceptors (Lipinski definition) is 1. The maximum atomic E-state index is 5.50. The summed E-state index contributed by atoms with van der Waals surface area (Å²) in [5.41, 5.74) is 0. The van der Waals surface area contributed by atoms with E-state index in [0.717, 1.165) is 0 Å². The van der Waals surface area contributed by atoms with Gasteiger partial charge in [0, 0.05) is 0 Å². The van der Waals surface area contributed by atoms with Crippen LogP contribution in [0.1, 0.15) is 13.8 Å². The van der Waals surface area contributed by atoms with Gasteiger partial charge in [-0.1, -0.05) is 0 Å². The van der Waals surface area contributed by atoms with E-state index in [9.17, 15) is 0 Å². The minimum absolute atomic E-state index is 0.363.